The van der Waals surface area contributed by atoms with Crippen molar-refractivity contribution < 1.29 is 4.79 Å². The van der Waals surface area contributed by atoms with E-state index in [2.05, 4.69) is 41.0 Å². The van der Waals surface area contributed by atoms with Crippen molar-refractivity contribution in [3.63, 3.8) is 0 Å². The zero-order chi connectivity index (χ0) is 19.3. The number of aryl methyl sites for hydroxylation is 1. The molecule has 1 aliphatic carbocycles. The van der Waals surface area contributed by atoms with Gasteiger partial charge in [-0.3, -0.25) is 4.79 Å². The van der Waals surface area contributed by atoms with E-state index in [-0.39, 0.29) is 5.91 Å². The molecule has 1 aliphatic rings. The van der Waals surface area contributed by atoms with Crippen LogP contribution in [0.5, 0.6) is 0 Å². The number of nitrogens with two attached hydrogens (primary N) is 1. The highest BCUT2D eigenvalue weighted by molar-refractivity contribution is 6.05. The highest BCUT2D eigenvalue weighted by Crippen LogP contribution is 2.32. The number of nitrogens with one attached hydrogen (secondary N) is 2. The maximum absolute atomic E-state index is 12.6. The molecule has 4 nitrogen and oxygen atoms in total. The molecule has 0 aromatic heterocycles. The summed E-state index contributed by atoms with van der Waals surface area (Å²) in [5, 5.41) is 6.57. The highest BCUT2D eigenvalue weighted by Gasteiger charge is 2.23. The molecule has 0 heterocycles. The highest BCUT2D eigenvalue weighted by atomic mass is 16.1. The maximum Gasteiger partial charge on any atom is 0.255 e. The van der Waals surface area contributed by atoms with Gasteiger partial charge in [0.25, 0.3) is 5.91 Å². The standard InChI is InChI=1S/C24H25N3O/c25-21-8-4-5-9-23(21)27-24(28)19-10-12-20-18(16-19)11-13-22(20)26-15-14-17-6-2-1-3-7-17/h1-10,12,16,22,26H,11,13-15,25H2,(H,27,28). The normalized spacial score (nSPS) is 15.2. The quantitative estimate of drug-likeness (QED) is 0.565. The third kappa shape index (κ3) is 4.07. The Balaban J connectivity index is 1.39. The van der Waals surface area contributed by atoms with Crippen LogP contribution in [0.2, 0.25) is 0 Å². The average molecular weight is 371 g/mol. The Morgan fingerprint density at radius 3 is 2.61 bits per heavy atom. The lowest BCUT2D eigenvalue weighted by Crippen LogP contribution is -2.22. The summed E-state index contributed by atoms with van der Waals surface area (Å²) >= 11 is 0. The number of anilines is 2. The first kappa shape index (κ1) is 18.3. The average Bonchev–Trinajstić information content (AvgIpc) is 3.13. The lowest BCUT2D eigenvalue weighted by atomic mass is 10.0. The fourth-order valence-electron chi connectivity index (χ4n) is 3.81. The Morgan fingerprint density at radius 2 is 1.79 bits per heavy atom. The first-order chi connectivity index (χ1) is 13.7. The maximum atomic E-state index is 12.6. The van der Waals surface area contributed by atoms with Gasteiger partial charge in [-0.1, -0.05) is 48.5 Å². The van der Waals surface area contributed by atoms with E-state index in [4.69, 9.17) is 5.73 Å². The molecular weight excluding hydrogens is 346 g/mol. The van der Waals surface area contributed by atoms with Crippen molar-refractivity contribution in [2.24, 2.45) is 0 Å². The van der Waals surface area contributed by atoms with E-state index in [1.165, 1.54) is 16.7 Å². The largest absolute Gasteiger partial charge is 0.397 e. The van der Waals surface area contributed by atoms with Crippen LogP contribution < -0.4 is 16.4 Å². The third-order valence-corrected chi connectivity index (χ3v) is 5.34. The van der Waals surface area contributed by atoms with E-state index in [0.29, 0.717) is 23.0 Å². The van der Waals surface area contributed by atoms with Gasteiger partial charge < -0.3 is 16.4 Å². The molecule has 28 heavy (non-hydrogen) atoms. The Hall–Kier alpha value is -3.11. The summed E-state index contributed by atoms with van der Waals surface area (Å²) < 4.78 is 0. The number of para-hydroxylation sites is 2. The van der Waals surface area contributed by atoms with Crippen LogP contribution in [0.25, 0.3) is 0 Å². The molecule has 0 radical (unpaired) electrons. The van der Waals surface area contributed by atoms with Crippen LogP contribution in [0.3, 0.4) is 0 Å². The molecule has 0 aliphatic heterocycles. The number of nitrogen functional groups attached to an aromatic ring is 1. The molecule has 0 saturated carbocycles. The van der Waals surface area contributed by atoms with Crippen molar-refractivity contribution >= 4 is 17.3 Å². The summed E-state index contributed by atoms with van der Waals surface area (Å²) in [5.74, 6) is -0.124. The number of hydrogen-bond acceptors (Lipinski definition) is 3. The molecule has 142 valence electrons. The second-order valence-corrected chi connectivity index (χ2v) is 7.24. The molecule has 1 amide bonds. The first-order valence-electron chi connectivity index (χ1n) is 9.77. The van der Waals surface area contributed by atoms with Crippen molar-refractivity contribution in [1.82, 2.24) is 5.32 Å². The van der Waals surface area contributed by atoms with Crippen molar-refractivity contribution in [3.05, 3.63) is 95.1 Å². The molecule has 4 N–H and O–H groups in total. The minimum Gasteiger partial charge on any atom is -0.397 e. The predicted octanol–water partition coefficient (Wildman–Crippen LogP) is 4.34. The molecule has 0 saturated heterocycles. The molecule has 4 rings (SSSR count). The van der Waals surface area contributed by atoms with Gasteiger partial charge in [-0.2, -0.15) is 0 Å². The van der Waals surface area contributed by atoms with Gasteiger partial charge in [0.05, 0.1) is 11.4 Å². The monoisotopic (exact) mass is 371 g/mol. The van der Waals surface area contributed by atoms with Crippen LogP contribution >= 0.6 is 0 Å². The predicted molar refractivity (Wildman–Crippen MR) is 114 cm³/mol. The number of benzene rings is 3. The van der Waals surface area contributed by atoms with Crippen LogP contribution in [-0.4, -0.2) is 12.5 Å². The van der Waals surface area contributed by atoms with Gasteiger partial charge >= 0.3 is 0 Å². The van der Waals surface area contributed by atoms with Crippen molar-refractivity contribution in [3.8, 4) is 0 Å². The smallest absolute Gasteiger partial charge is 0.255 e. The van der Waals surface area contributed by atoms with Crippen LogP contribution in [-0.2, 0) is 12.8 Å². The summed E-state index contributed by atoms with van der Waals surface area (Å²) in [6, 6.07) is 24.2. The third-order valence-electron chi connectivity index (χ3n) is 5.34. The van der Waals surface area contributed by atoms with E-state index in [1.54, 1.807) is 6.07 Å². The number of carbonyl (C=O) groups excluding carboxylic acids is 1. The zero-order valence-corrected chi connectivity index (χ0v) is 15.8. The van der Waals surface area contributed by atoms with E-state index >= 15 is 0 Å². The Kier molecular flexibility index (Phi) is 5.40. The summed E-state index contributed by atoms with van der Waals surface area (Å²) in [6.45, 7) is 0.948. The van der Waals surface area contributed by atoms with Crippen LogP contribution in [0.15, 0.2) is 72.8 Å². The topological polar surface area (TPSA) is 67.1 Å². The van der Waals surface area contributed by atoms with Gasteiger partial charge in [0, 0.05) is 11.6 Å². The Morgan fingerprint density at radius 1 is 1.00 bits per heavy atom. The second kappa shape index (κ2) is 8.28. The van der Waals surface area contributed by atoms with Crippen LogP contribution in [0.1, 0.15) is 39.5 Å². The van der Waals surface area contributed by atoms with Crippen molar-refractivity contribution in [2.45, 2.75) is 25.3 Å². The van der Waals surface area contributed by atoms with Gasteiger partial charge in [0.1, 0.15) is 0 Å². The van der Waals surface area contributed by atoms with E-state index in [0.717, 1.165) is 25.8 Å². The molecule has 3 aromatic carbocycles. The zero-order valence-electron chi connectivity index (χ0n) is 15.8. The van der Waals surface area contributed by atoms with Gasteiger partial charge in [-0.05, 0) is 66.8 Å². The second-order valence-electron chi connectivity index (χ2n) is 7.24. The fraction of sp³-hybridized carbons (Fsp3) is 0.208. The molecule has 1 atom stereocenters. The lowest BCUT2D eigenvalue weighted by Gasteiger charge is -2.15. The molecule has 0 spiro atoms. The summed E-state index contributed by atoms with van der Waals surface area (Å²) in [4.78, 5) is 12.6. The van der Waals surface area contributed by atoms with E-state index in [9.17, 15) is 4.79 Å². The fourth-order valence-corrected chi connectivity index (χ4v) is 3.81. The SMILES string of the molecule is Nc1ccccc1NC(=O)c1ccc2c(c1)CCC2NCCc1ccccc1. The molecule has 0 bridgehead atoms. The van der Waals surface area contributed by atoms with Crippen LogP contribution in [0.4, 0.5) is 11.4 Å². The van der Waals surface area contributed by atoms with Gasteiger partial charge in [-0.15, -0.1) is 0 Å². The molecular formula is C24H25N3O. The van der Waals surface area contributed by atoms with Gasteiger partial charge in [-0.25, -0.2) is 0 Å². The minimum absolute atomic E-state index is 0.124. The molecule has 1 unspecified atom stereocenters. The number of fused-ring (bicyclic) bond motifs is 1. The molecule has 0 fully saturated rings. The van der Waals surface area contributed by atoms with Gasteiger partial charge in [0.2, 0.25) is 0 Å². The Labute approximate surface area is 165 Å². The minimum atomic E-state index is -0.124. The summed E-state index contributed by atoms with van der Waals surface area (Å²) in [5.41, 5.74) is 11.7. The van der Waals surface area contributed by atoms with Crippen molar-refractivity contribution in [2.75, 3.05) is 17.6 Å². The Bertz CT molecular complexity index is 969. The number of carbonyl (C=O) groups is 1. The number of amides is 1. The van der Waals surface area contributed by atoms with Crippen molar-refractivity contribution in [1.29, 1.82) is 0 Å². The molecule has 3 aromatic rings. The number of rotatable bonds is 6. The first-order valence-corrected chi connectivity index (χ1v) is 9.77. The van der Waals surface area contributed by atoms with Crippen LogP contribution in [0, 0.1) is 0 Å². The lowest BCUT2D eigenvalue weighted by molar-refractivity contribution is 0.102. The summed E-state index contributed by atoms with van der Waals surface area (Å²) in [6.07, 6.45) is 3.08. The van der Waals surface area contributed by atoms with E-state index in [1.807, 2.05) is 36.4 Å². The van der Waals surface area contributed by atoms with Gasteiger partial charge in [0.15, 0.2) is 0 Å². The number of hydrogen-bond donors (Lipinski definition) is 3. The van der Waals surface area contributed by atoms with E-state index < -0.39 is 0 Å². The summed E-state index contributed by atoms with van der Waals surface area (Å²) in [7, 11) is 0. The molecule has 4 heteroatoms.